The van der Waals surface area contributed by atoms with Crippen molar-refractivity contribution >= 4 is 21.5 Å². The molecule has 7 heteroatoms. The quantitative estimate of drug-likeness (QED) is 0.156. The molecule has 0 heterocycles. The highest BCUT2D eigenvalue weighted by Crippen LogP contribution is 2.61. The van der Waals surface area contributed by atoms with E-state index in [1.807, 2.05) is 43.3 Å². The summed E-state index contributed by atoms with van der Waals surface area (Å²) in [5, 5.41) is 0. The standard InChI is InChI=1S/C35H37BrO6/c1-9-22(11-10-21(2)37-3)16-28-31(24-17-26(39-5)19-27(18-24)40-6)32(23-12-14-25(38-4)15-13-23)34-29(41-7)20-30(42-8)35(36)33(28)34/h9-20,31-32H,2H2,1,3-8H3/b11-10-,22-9+,28-16+/t31-,32?/m1/s1. The molecule has 0 bridgehead atoms. The molecule has 0 N–H and O–H groups in total. The van der Waals surface area contributed by atoms with Crippen LogP contribution in [0.25, 0.3) is 5.57 Å². The van der Waals surface area contributed by atoms with E-state index in [0.29, 0.717) is 23.0 Å². The number of fused-ring (bicyclic) bond motifs is 1. The van der Waals surface area contributed by atoms with Gasteiger partial charge in [0.2, 0.25) is 0 Å². The van der Waals surface area contributed by atoms with Gasteiger partial charge < -0.3 is 28.4 Å². The Morgan fingerprint density at radius 3 is 1.86 bits per heavy atom. The van der Waals surface area contributed by atoms with Crippen LogP contribution in [0.15, 0.2) is 95.2 Å². The average Bonchev–Trinajstić information content (AvgIpc) is 3.37. The van der Waals surface area contributed by atoms with E-state index >= 15 is 0 Å². The Bertz CT molecular complexity index is 1510. The Labute approximate surface area is 257 Å². The molecule has 1 aliphatic rings. The summed E-state index contributed by atoms with van der Waals surface area (Å²) in [6.07, 6.45) is 8.10. The van der Waals surface area contributed by atoms with Gasteiger partial charge in [-0.15, -0.1) is 0 Å². The summed E-state index contributed by atoms with van der Waals surface area (Å²) in [5.41, 5.74) is 6.26. The summed E-state index contributed by atoms with van der Waals surface area (Å²) in [4.78, 5) is 0. The number of allylic oxidation sites excluding steroid dienone is 6. The smallest absolute Gasteiger partial charge is 0.137 e. The fourth-order valence-corrected chi connectivity index (χ4v) is 6.13. The van der Waals surface area contributed by atoms with Crippen LogP contribution in [-0.2, 0) is 4.74 Å². The van der Waals surface area contributed by atoms with Crippen molar-refractivity contribution < 1.29 is 28.4 Å². The van der Waals surface area contributed by atoms with Crippen LogP contribution in [0, 0.1) is 0 Å². The number of benzene rings is 3. The fourth-order valence-electron chi connectivity index (χ4n) is 5.41. The zero-order valence-electron chi connectivity index (χ0n) is 25.1. The van der Waals surface area contributed by atoms with Crippen LogP contribution >= 0.6 is 15.9 Å². The molecule has 0 fully saturated rings. The lowest BCUT2D eigenvalue weighted by atomic mass is 9.79. The average molecular weight is 634 g/mol. The topological polar surface area (TPSA) is 55.4 Å². The molecule has 0 amide bonds. The third-order valence-corrected chi connectivity index (χ3v) is 8.32. The number of ether oxygens (including phenoxy) is 6. The number of hydrogen-bond acceptors (Lipinski definition) is 6. The van der Waals surface area contributed by atoms with Gasteiger partial charge in [-0.2, -0.15) is 0 Å². The van der Waals surface area contributed by atoms with Gasteiger partial charge in [-0.3, -0.25) is 0 Å². The second kappa shape index (κ2) is 13.7. The van der Waals surface area contributed by atoms with E-state index in [-0.39, 0.29) is 11.8 Å². The lowest BCUT2D eigenvalue weighted by Gasteiger charge is -2.25. The molecule has 6 nitrogen and oxygen atoms in total. The highest BCUT2D eigenvalue weighted by atomic mass is 79.9. The van der Waals surface area contributed by atoms with Gasteiger partial charge in [-0.05, 0) is 75.5 Å². The Hall–Kier alpha value is -4.10. The Kier molecular flexibility index (Phi) is 10.1. The SMILES string of the molecule is C=C(\C=C/C(=C\C)/C=C1/c2c(Br)c(OC)cc(OC)c2C(c2ccc(OC)cc2)[C@@H]1c1cc(OC)cc(OC)c1)OC. The number of hydrogen-bond donors (Lipinski definition) is 0. The molecule has 3 aromatic carbocycles. The minimum Gasteiger partial charge on any atom is -0.497 e. The van der Waals surface area contributed by atoms with Gasteiger partial charge in [-0.1, -0.05) is 36.9 Å². The summed E-state index contributed by atoms with van der Waals surface area (Å²) < 4.78 is 34.9. The molecule has 4 rings (SSSR count). The summed E-state index contributed by atoms with van der Waals surface area (Å²) in [5.74, 6) is 3.91. The number of halogens is 1. The summed E-state index contributed by atoms with van der Waals surface area (Å²) in [7, 11) is 9.95. The normalized spacial score (nSPS) is 17.2. The molecular formula is C35H37BrO6. The van der Waals surface area contributed by atoms with Crippen LogP contribution in [0.5, 0.6) is 28.7 Å². The predicted molar refractivity (Wildman–Crippen MR) is 171 cm³/mol. The van der Waals surface area contributed by atoms with Crippen LogP contribution in [0.1, 0.15) is 41.0 Å². The molecule has 42 heavy (non-hydrogen) atoms. The monoisotopic (exact) mass is 632 g/mol. The van der Waals surface area contributed by atoms with Crippen molar-refractivity contribution in [3.05, 3.63) is 117 Å². The Morgan fingerprint density at radius 2 is 1.33 bits per heavy atom. The van der Waals surface area contributed by atoms with Gasteiger partial charge in [0.05, 0.1) is 47.1 Å². The first-order chi connectivity index (χ1) is 20.3. The first-order valence-corrected chi connectivity index (χ1v) is 14.2. The number of rotatable bonds is 11. The molecule has 220 valence electrons. The van der Waals surface area contributed by atoms with Crippen molar-refractivity contribution in [2.75, 3.05) is 42.7 Å². The third-order valence-electron chi connectivity index (χ3n) is 7.53. The molecule has 0 aliphatic heterocycles. The lowest BCUT2D eigenvalue weighted by molar-refractivity contribution is 0.309. The van der Waals surface area contributed by atoms with Gasteiger partial charge in [0.15, 0.2) is 0 Å². The van der Waals surface area contributed by atoms with Gasteiger partial charge in [-0.25, -0.2) is 0 Å². The van der Waals surface area contributed by atoms with Crippen LogP contribution < -0.4 is 23.7 Å². The van der Waals surface area contributed by atoms with Crippen molar-refractivity contribution in [3.8, 4) is 28.7 Å². The highest BCUT2D eigenvalue weighted by molar-refractivity contribution is 9.10. The maximum absolute atomic E-state index is 6.04. The minimum absolute atomic E-state index is 0.123. The Balaban J connectivity index is 2.12. The van der Waals surface area contributed by atoms with E-state index in [1.165, 1.54) is 0 Å². The second-order valence-electron chi connectivity index (χ2n) is 9.65. The van der Waals surface area contributed by atoms with Gasteiger partial charge in [0.25, 0.3) is 0 Å². The molecular weight excluding hydrogens is 596 g/mol. The first-order valence-electron chi connectivity index (χ1n) is 13.4. The summed E-state index contributed by atoms with van der Waals surface area (Å²) >= 11 is 3.90. The fraction of sp³-hybridized carbons (Fsp3) is 0.257. The molecule has 1 aliphatic carbocycles. The maximum Gasteiger partial charge on any atom is 0.137 e. The molecule has 2 atom stereocenters. The molecule has 0 saturated heterocycles. The Morgan fingerprint density at radius 1 is 0.714 bits per heavy atom. The molecule has 0 aromatic heterocycles. The molecule has 0 radical (unpaired) electrons. The van der Waals surface area contributed by atoms with Crippen LogP contribution in [-0.4, -0.2) is 42.7 Å². The maximum atomic E-state index is 6.04. The van der Waals surface area contributed by atoms with Crippen molar-refractivity contribution in [3.63, 3.8) is 0 Å². The predicted octanol–water partition coefficient (Wildman–Crippen LogP) is 8.47. The van der Waals surface area contributed by atoms with Crippen molar-refractivity contribution in [1.29, 1.82) is 0 Å². The first kappa shape index (κ1) is 30.8. The summed E-state index contributed by atoms with van der Waals surface area (Å²) in [6.45, 7) is 5.95. The molecule has 1 unspecified atom stereocenters. The third kappa shape index (κ3) is 6.07. The zero-order chi connectivity index (χ0) is 30.4. The van der Waals surface area contributed by atoms with E-state index in [9.17, 15) is 0 Å². The van der Waals surface area contributed by atoms with E-state index in [1.54, 1.807) is 42.7 Å². The molecule has 0 saturated carbocycles. The summed E-state index contributed by atoms with van der Waals surface area (Å²) in [6, 6.07) is 16.1. The molecule has 3 aromatic rings. The van der Waals surface area contributed by atoms with Gasteiger partial charge >= 0.3 is 0 Å². The van der Waals surface area contributed by atoms with Crippen molar-refractivity contribution in [1.82, 2.24) is 0 Å². The van der Waals surface area contributed by atoms with Crippen molar-refractivity contribution in [2.45, 2.75) is 18.8 Å². The minimum atomic E-state index is -0.149. The number of methoxy groups -OCH3 is 6. The van der Waals surface area contributed by atoms with E-state index in [0.717, 1.165) is 49.4 Å². The zero-order valence-corrected chi connectivity index (χ0v) is 26.7. The van der Waals surface area contributed by atoms with Crippen LogP contribution in [0.2, 0.25) is 0 Å². The van der Waals surface area contributed by atoms with Gasteiger partial charge in [0.1, 0.15) is 34.5 Å². The highest BCUT2D eigenvalue weighted by Gasteiger charge is 2.43. The molecule has 0 spiro atoms. The van der Waals surface area contributed by atoms with E-state index in [2.05, 4.69) is 58.9 Å². The van der Waals surface area contributed by atoms with Crippen LogP contribution in [0.3, 0.4) is 0 Å². The van der Waals surface area contributed by atoms with E-state index < -0.39 is 0 Å². The van der Waals surface area contributed by atoms with Crippen molar-refractivity contribution in [2.24, 2.45) is 0 Å². The largest absolute Gasteiger partial charge is 0.497 e. The van der Waals surface area contributed by atoms with Gasteiger partial charge in [0, 0.05) is 35.1 Å². The second-order valence-corrected chi connectivity index (χ2v) is 10.4. The van der Waals surface area contributed by atoms with Crippen LogP contribution in [0.4, 0.5) is 0 Å². The lowest BCUT2D eigenvalue weighted by Crippen LogP contribution is -2.09. The van der Waals surface area contributed by atoms with E-state index in [4.69, 9.17) is 28.4 Å².